The molecule has 1 atom stereocenters. The van der Waals surface area contributed by atoms with Crippen LogP contribution in [0.2, 0.25) is 5.02 Å². The lowest BCUT2D eigenvalue weighted by Gasteiger charge is -2.19. The van der Waals surface area contributed by atoms with Crippen LogP contribution in [-0.2, 0) is 6.42 Å². The molecule has 0 radical (unpaired) electrons. The molecule has 0 bridgehead atoms. The highest BCUT2D eigenvalue weighted by atomic mass is 35.5. The fourth-order valence-corrected chi connectivity index (χ4v) is 2.33. The first-order valence-corrected chi connectivity index (χ1v) is 6.46. The van der Waals surface area contributed by atoms with Gasteiger partial charge in [-0.15, -0.1) is 0 Å². The van der Waals surface area contributed by atoms with Crippen LogP contribution in [0.25, 0.3) is 0 Å². The Labute approximate surface area is 120 Å². The van der Waals surface area contributed by atoms with E-state index >= 15 is 0 Å². The molecule has 1 unspecified atom stereocenters. The van der Waals surface area contributed by atoms with Crippen molar-refractivity contribution in [2.75, 3.05) is 7.05 Å². The van der Waals surface area contributed by atoms with Crippen molar-refractivity contribution in [3.63, 3.8) is 0 Å². The van der Waals surface area contributed by atoms with E-state index in [0.29, 0.717) is 23.6 Å². The lowest BCUT2D eigenvalue weighted by atomic mass is 9.98. The Kier molecular flexibility index (Phi) is 4.68. The van der Waals surface area contributed by atoms with Gasteiger partial charge in [-0.1, -0.05) is 29.8 Å². The van der Waals surface area contributed by atoms with E-state index in [1.807, 2.05) is 0 Å². The molecule has 2 aromatic rings. The fourth-order valence-electron chi connectivity index (χ4n) is 2.12. The van der Waals surface area contributed by atoms with Gasteiger partial charge in [-0.3, -0.25) is 0 Å². The van der Waals surface area contributed by atoms with Crippen LogP contribution in [0.1, 0.15) is 17.2 Å². The predicted octanol–water partition coefficient (Wildman–Crippen LogP) is 4.26. The van der Waals surface area contributed by atoms with Crippen molar-refractivity contribution in [3.8, 4) is 0 Å². The normalized spacial score (nSPS) is 12.4. The van der Waals surface area contributed by atoms with E-state index in [0.717, 1.165) is 5.56 Å². The van der Waals surface area contributed by atoms with E-state index in [2.05, 4.69) is 5.32 Å². The average Bonchev–Trinajstić information content (AvgIpc) is 2.38. The van der Waals surface area contributed by atoms with E-state index in [4.69, 9.17) is 11.6 Å². The number of halogens is 4. The summed E-state index contributed by atoms with van der Waals surface area (Å²) in [6, 6.07) is 7.79. The molecule has 0 spiro atoms. The molecule has 0 fully saturated rings. The summed E-state index contributed by atoms with van der Waals surface area (Å²) >= 11 is 6.04. The Hall–Kier alpha value is -1.52. The van der Waals surface area contributed by atoms with E-state index in [-0.39, 0.29) is 5.56 Å². The molecule has 0 aliphatic heterocycles. The highest BCUT2D eigenvalue weighted by Crippen LogP contribution is 2.27. The SMILES string of the molecule is CNC(Cc1ccccc1Cl)c1c(F)cc(F)cc1F. The third-order valence-corrected chi connectivity index (χ3v) is 3.49. The molecule has 1 nitrogen and oxygen atoms in total. The van der Waals surface area contributed by atoms with Crippen LogP contribution >= 0.6 is 11.6 Å². The molecule has 0 aromatic heterocycles. The maximum absolute atomic E-state index is 13.8. The molecule has 106 valence electrons. The Morgan fingerprint density at radius 3 is 2.25 bits per heavy atom. The smallest absolute Gasteiger partial charge is 0.133 e. The first-order chi connectivity index (χ1) is 9.52. The van der Waals surface area contributed by atoms with Crippen molar-refractivity contribution in [1.82, 2.24) is 5.32 Å². The first kappa shape index (κ1) is 14.9. The molecule has 5 heteroatoms. The monoisotopic (exact) mass is 299 g/mol. The van der Waals surface area contributed by atoms with Gasteiger partial charge in [0, 0.05) is 28.8 Å². The molecular formula is C15H13ClF3N. The zero-order chi connectivity index (χ0) is 14.7. The highest BCUT2D eigenvalue weighted by molar-refractivity contribution is 6.31. The summed E-state index contributed by atoms with van der Waals surface area (Å²) in [5.74, 6) is -2.75. The number of benzene rings is 2. The van der Waals surface area contributed by atoms with Gasteiger partial charge < -0.3 is 5.32 Å². The maximum atomic E-state index is 13.8. The van der Waals surface area contributed by atoms with Crippen molar-refractivity contribution in [3.05, 3.63) is 70.0 Å². The number of likely N-dealkylation sites (N-methyl/N-ethyl adjacent to an activating group) is 1. The standard InChI is InChI=1S/C15H13ClF3N/c1-20-14(6-9-4-2-3-5-11(9)16)15-12(18)7-10(17)8-13(15)19/h2-5,7-8,14,20H,6H2,1H3. The summed E-state index contributed by atoms with van der Waals surface area (Å²) in [4.78, 5) is 0. The van der Waals surface area contributed by atoms with E-state index in [9.17, 15) is 13.2 Å². The van der Waals surface area contributed by atoms with Gasteiger partial charge in [-0.2, -0.15) is 0 Å². The number of rotatable bonds is 4. The van der Waals surface area contributed by atoms with Crippen LogP contribution in [0.4, 0.5) is 13.2 Å². The maximum Gasteiger partial charge on any atom is 0.133 e. The van der Waals surface area contributed by atoms with Crippen LogP contribution in [0.3, 0.4) is 0 Å². The minimum Gasteiger partial charge on any atom is -0.313 e. The summed E-state index contributed by atoms with van der Waals surface area (Å²) < 4.78 is 40.5. The lowest BCUT2D eigenvalue weighted by Crippen LogP contribution is -2.22. The summed E-state index contributed by atoms with van der Waals surface area (Å²) in [7, 11) is 1.59. The number of nitrogens with one attached hydrogen (secondary N) is 1. The number of hydrogen-bond donors (Lipinski definition) is 1. The molecule has 1 N–H and O–H groups in total. The molecule has 0 aliphatic rings. The van der Waals surface area contributed by atoms with E-state index in [1.54, 1.807) is 31.3 Å². The van der Waals surface area contributed by atoms with Crippen LogP contribution < -0.4 is 5.32 Å². The van der Waals surface area contributed by atoms with Gasteiger partial charge in [0.2, 0.25) is 0 Å². The van der Waals surface area contributed by atoms with Gasteiger partial charge in [0.15, 0.2) is 0 Å². The second-order valence-electron chi connectivity index (χ2n) is 4.42. The van der Waals surface area contributed by atoms with Gasteiger partial charge >= 0.3 is 0 Å². The van der Waals surface area contributed by atoms with Gasteiger partial charge in [-0.25, -0.2) is 13.2 Å². The van der Waals surface area contributed by atoms with Gasteiger partial charge in [0.25, 0.3) is 0 Å². The quantitative estimate of drug-likeness (QED) is 0.889. The topological polar surface area (TPSA) is 12.0 Å². The Bertz CT molecular complexity index is 593. The molecule has 2 aromatic carbocycles. The van der Waals surface area contributed by atoms with Crippen molar-refractivity contribution >= 4 is 11.6 Å². The Morgan fingerprint density at radius 1 is 1.10 bits per heavy atom. The van der Waals surface area contributed by atoms with Gasteiger partial charge in [-0.05, 0) is 25.1 Å². The lowest BCUT2D eigenvalue weighted by molar-refractivity contribution is 0.475. The molecule has 20 heavy (non-hydrogen) atoms. The highest BCUT2D eigenvalue weighted by Gasteiger charge is 2.21. The third-order valence-electron chi connectivity index (χ3n) is 3.12. The fraction of sp³-hybridized carbons (Fsp3) is 0.200. The molecule has 0 saturated heterocycles. The van der Waals surface area contributed by atoms with E-state index in [1.165, 1.54) is 0 Å². The zero-order valence-electron chi connectivity index (χ0n) is 10.8. The molecule has 0 amide bonds. The predicted molar refractivity (Wildman–Crippen MR) is 73.3 cm³/mol. The Morgan fingerprint density at radius 2 is 1.70 bits per heavy atom. The minimum atomic E-state index is -0.934. The molecule has 0 aliphatic carbocycles. The Balaban J connectivity index is 2.37. The second kappa shape index (κ2) is 6.29. The second-order valence-corrected chi connectivity index (χ2v) is 4.83. The molecular weight excluding hydrogens is 287 g/mol. The molecule has 0 saturated carbocycles. The molecule has 2 rings (SSSR count). The number of hydrogen-bond acceptors (Lipinski definition) is 1. The van der Waals surface area contributed by atoms with Crippen molar-refractivity contribution < 1.29 is 13.2 Å². The minimum absolute atomic E-state index is 0.186. The molecule has 0 heterocycles. The van der Waals surface area contributed by atoms with Crippen molar-refractivity contribution in [2.45, 2.75) is 12.5 Å². The van der Waals surface area contributed by atoms with Crippen molar-refractivity contribution in [1.29, 1.82) is 0 Å². The summed E-state index contributed by atoms with van der Waals surface area (Å²) in [6.07, 6.45) is 0.301. The average molecular weight is 300 g/mol. The largest absolute Gasteiger partial charge is 0.313 e. The zero-order valence-corrected chi connectivity index (χ0v) is 11.5. The van der Waals surface area contributed by atoms with Crippen LogP contribution in [0.5, 0.6) is 0 Å². The van der Waals surface area contributed by atoms with Crippen LogP contribution in [0, 0.1) is 17.5 Å². The summed E-state index contributed by atoms with van der Waals surface area (Å²) in [5.41, 5.74) is 0.575. The van der Waals surface area contributed by atoms with Crippen molar-refractivity contribution in [2.24, 2.45) is 0 Å². The summed E-state index contributed by atoms with van der Waals surface area (Å²) in [6.45, 7) is 0. The van der Waals surface area contributed by atoms with Crippen LogP contribution in [0.15, 0.2) is 36.4 Å². The van der Waals surface area contributed by atoms with Crippen LogP contribution in [-0.4, -0.2) is 7.05 Å². The first-order valence-electron chi connectivity index (χ1n) is 6.08. The van der Waals surface area contributed by atoms with Gasteiger partial charge in [0.05, 0.1) is 0 Å². The van der Waals surface area contributed by atoms with Gasteiger partial charge in [0.1, 0.15) is 17.5 Å². The third kappa shape index (κ3) is 3.14. The summed E-state index contributed by atoms with van der Waals surface area (Å²) in [5, 5.41) is 3.36. The van der Waals surface area contributed by atoms with E-state index < -0.39 is 23.5 Å².